The topological polar surface area (TPSA) is 125 Å². The van der Waals surface area contributed by atoms with Gasteiger partial charge in [-0.1, -0.05) is 0 Å². The molecule has 1 aromatic heterocycles. The van der Waals surface area contributed by atoms with E-state index in [-0.39, 0.29) is 11.5 Å². The highest BCUT2D eigenvalue weighted by Gasteiger charge is 2.53. The molecule has 3 heterocycles. The van der Waals surface area contributed by atoms with Crippen LogP contribution >= 0.6 is 0 Å². The predicted octanol–water partition coefficient (Wildman–Crippen LogP) is 1.76. The molecule has 2 aliphatic rings. The van der Waals surface area contributed by atoms with Crippen LogP contribution in [-0.4, -0.2) is 53.7 Å². The zero-order valence-electron chi connectivity index (χ0n) is 16.0. The SMILES string of the molecule is N=C(C1=C(N)NC(=O)[C@@H](O)[C@H]1C(F)(F)F)C1CCN(c2ccc(OC(F)F)cn2)CC1. The smallest absolute Gasteiger partial charge is 0.398 e. The third kappa shape index (κ3) is 4.86. The predicted molar refractivity (Wildman–Crippen MR) is 98.4 cm³/mol. The summed E-state index contributed by atoms with van der Waals surface area (Å²) in [6, 6.07) is 2.81. The summed E-state index contributed by atoms with van der Waals surface area (Å²) in [6.07, 6.45) is -5.62. The number of hydrogen-bond donors (Lipinski definition) is 4. The molecule has 13 heteroatoms. The molecule has 31 heavy (non-hydrogen) atoms. The molecule has 1 amide bonds. The van der Waals surface area contributed by atoms with Crippen LogP contribution in [0.5, 0.6) is 5.75 Å². The van der Waals surface area contributed by atoms with Crippen LogP contribution in [0, 0.1) is 17.2 Å². The van der Waals surface area contributed by atoms with Crippen molar-refractivity contribution >= 4 is 17.4 Å². The lowest BCUT2D eigenvalue weighted by Gasteiger charge is -2.37. The average molecular weight is 449 g/mol. The Balaban J connectivity index is 1.70. The quantitative estimate of drug-likeness (QED) is 0.401. The minimum atomic E-state index is -4.96. The number of amides is 1. The Morgan fingerprint density at radius 2 is 1.97 bits per heavy atom. The number of alkyl halides is 5. The molecule has 1 aromatic rings. The normalized spacial score (nSPS) is 23.2. The van der Waals surface area contributed by atoms with Crippen molar-refractivity contribution in [2.24, 2.45) is 17.6 Å². The van der Waals surface area contributed by atoms with Gasteiger partial charge in [0.25, 0.3) is 5.91 Å². The van der Waals surface area contributed by atoms with Crippen molar-refractivity contribution in [2.75, 3.05) is 18.0 Å². The Morgan fingerprint density at radius 1 is 1.32 bits per heavy atom. The number of hydrogen-bond acceptors (Lipinski definition) is 7. The molecule has 1 saturated heterocycles. The third-order valence-electron chi connectivity index (χ3n) is 5.26. The summed E-state index contributed by atoms with van der Waals surface area (Å²) < 4.78 is 69.2. The van der Waals surface area contributed by atoms with E-state index in [1.807, 2.05) is 5.32 Å². The Labute approximate surface area is 173 Å². The fourth-order valence-electron chi connectivity index (χ4n) is 3.76. The Kier molecular flexibility index (Phi) is 6.34. The Morgan fingerprint density at radius 3 is 2.48 bits per heavy atom. The van der Waals surface area contributed by atoms with Gasteiger partial charge in [0.2, 0.25) is 0 Å². The third-order valence-corrected chi connectivity index (χ3v) is 5.26. The Hall–Kier alpha value is -2.96. The van der Waals surface area contributed by atoms with Crippen molar-refractivity contribution in [3.8, 4) is 5.75 Å². The molecule has 1 fully saturated rings. The number of carbonyl (C=O) groups is 1. The highest BCUT2D eigenvalue weighted by molar-refractivity contribution is 6.03. The van der Waals surface area contributed by atoms with E-state index in [0.29, 0.717) is 31.7 Å². The molecular weight excluding hydrogens is 429 g/mol. The van der Waals surface area contributed by atoms with Gasteiger partial charge >= 0.3 is 12.8 Å². The summed E-state index contributed by atoms with van der Waals surface area (Å²) in [6.45, 7) is -2.29. The van der Waals surface area contributed by atoms with Crippen LogP contribution in [-0.2, 0) is 4.79 Å². The zero-order valence-corrected chi connectivity index (χ0v) is 16.0. The maximum atomic E-state index is 13.5. The molecule has 0 unspecified atom stereocenters. The first kappa shape index (κ1) is 22.7. The molecule has 0 saturated carbocycles. The van der Waals surface area contributed by atoms with Crippen LogP contribution in [0.1, 0.15) is 12.8 Å². The first-order valence-electron chi connectivity index (χ1n) is 9.29. The standard InChI is InChI=1S/C18H20F5N5O3/c19-17(20)31-9-1-2-10(26-7-9)28-5-3-8(4-6-28)13(24)11-12(18(21,22)23)14(29)16(30)27-15(11)25/h1-2,7-8,12,14,17,24,29H,3-6,25H2,(H,27,30)/t12-,14-/m0/s1. The summed E-state index contributed by atoms with van der Waals surface area (Å²) in [5, 5.41) is 20.1. The average Bonchev–Trinajstić information content (AvgIpc) is 2.69. The number of nitrogens with zero attached hydrogens (tertiary/aromatic N) is 2. The van der Waals surface area contributed by atoms with E-state index in [1.54, 1.807) is 4.90 Å². The molecule has 170 valence electrons. The van der Waals surface area contributed by atoms with E-state index in [0.717, 1.165) is 6.20 Å². The first-order chi connectivity index (χ1) is 14.5. The molecule has 0 radical (unpaired) electrons. The van der Waals surface area contributed by atoms with E-state index in [4.69, 9.17) is 11.1 Å². The number of aromatic nitrogens is 1. The number of pyridine rings is 1. The second-order valence-corrected chi connectivity index (χ2v) is 7.19. The van der Waals surface area contributed by atoms with Crippen LogP contribution in [0.15, 0.2) is 29.7 Å². The van der Waals surface area contributed by atoms with E-state index >= 15 is 0 Å². The molecule has 0 bridgehead atoms. The minimum Gasteiger partial charge on any atom is -0.433 e. The molecule has 2 atom stereocenters. The van der Waals surface area contributed by atoms with Gasteiger partial charge in [-0.15, -0.1) is 0 Å². The van der Waals surface area contributed by atoms with Crippen molar-refractivity contribution in [1.29, 1.82) is 5.41 Å². The van der Waals surface area contributed by atoms with Crippen molar-refractivity contribution < 1.29 is 36.6 Å². The molecule has 8 nitrogen and oxygen atoms in total. The van der Waals surface area contributed by atoms with E-state index in [2.05, 4.69) is 9.72 Å². The number of rotatable bonds is 5. The molecule has 0 aliphatic carbocycles. The van der Waals surface area contributed by atoms with Crippen molar-refractivity contribution in [1.82, 2.24) is 10.3 Å². The number of aliphatic hydroxyl groups is 1. The number of halogens is 5. The maximum absolute atomic E-state index is 13.5. The van der Waals surface area contributed by atoms with Gasteiger partial charge < -0.3 is 31.2 Å². The molecule has 0 spiro atoms. The molecule has 5 N–H and O–H groups in total. The van der Waals surface area contributed by atoms with Gasteiger partial charge in [0.15, 0.2) is 0 Å². The van der Waals surface area contributed by atoms with Gasteiger partial charge in [0.05, 0.1) is 6.20 Å². The van der Waals surface area contributed by atoms with Gasteiger partial charge in [-0.2, -0.15) is 22.0 Å². The zero-order chi connectivity index (χ0) is 22.9. The Bertz CT molecular complexity index is 866. The van der Waals surface area contributed by atoms with Crippen molar-refractivity contribution in [2.45, 2.75) is 31.7 Å². The minimum absolute atomic E-state index is 0.103. The van der Waals surface area contributed by atoms with Crippen LogP contribution < -0.4 is 20.7 Å². The van der Waals surface area contributed by atoms with Crippen LogP contribution in [0.4, 0.5) is 27.8 Å². The summed E-state index contributed by atoms with van der Waals surface area (Å²) >= 11 is 0. The van der Waals surface area contributed by atoms with Gasteiger partial charge in [-0.05, 0) is 25.0 Å². The van der Waals surface area contributed by atoms with Gasteiger partial charge in [0.1, 0.15) is 29.4 Å². The van der Waals surface area contributed by atoms with Crippen LogP contribution in [0.2, 0.25) is 0 Å². The number of nitrogens with one attached hydrogen (secondary N) is 2. The van der Waals surface area contributed by atoms with Gasteiger partial charge in [-0.3, -0.25) is 4.79 Å². The number of anilines is 1. The lowest BCUT2D eigenvalue weighted by atomic mass is 9.79. The monoisotopic (exact) mass is 449 g/mol. The molecule has 2 aliphatic heterocycles. The largest absolute Gasteiger partial charge is 0.433 e. The second-order valence-electron chi connectivity index (χ2n) is 7.19. The second kappa shape index (κ2) is 8.65. The maximum Gasteiger partial charge on any atom is 0.398 e. The fraction of sp³-hybridized carbons (Fsp3) is 0.500. The summed E-state index contributed by atoms with van der Waals surface area (Å²) in [5.41, 5.74) is 4.60. The molecule has 0 aromatic carbocycles. The van der Waals surface area contributed by atoms with E-state index in [9.17, 15) is 31.9 Å². The van der Waals surface area contributed by atoms with E-state index < -0.39 is 48.0 Å². The molecular formula is C18H20F5N5O3. The summed E-state index contributed by atoms with van der Waals surface area (Å²) in [7, 11) is 0. The van der Waals surface area contributed by atoms with Crippen molar-refractivity contribution in [3.05, 3.63) is 29.7 Å². The van der Waals surface area contributed by atoms with Crippen LogP contribution in [0.25, 0.3) is 0 Å². The lowest BCUT2D eigenvalue weighted by molar-refractivity contribution is -0.192. The fourth-order valence-corrected chi connectivity index (χ4v) is 3.76. The van der Waals surface area contributed by atoms with Crippen LogP contribution in [0.3, 0.4) is 0 Å². The van der Waals surface area contributed by atoms with Gasteiger partial charge in [-0.25, -0.2) is 4.98 Å². The number of piperidine rings is 1. The number of nitrogens with two attached hydrogens (primary N) is 1. The number of aliphatic hydroxyl groups excluding tert-OH is 1. The van der Waals surface area contributed by atoms with Crippen molar-refractivity contribution in [3.63, 3.8) is 0 Å². The summed E-state index contributed by atoms with van der Waals surface area (Å²) in [5.74, 6) is -4.64. The highest BCUT2D eigenvalue weighted by atomic mass is 19.4. The molecule has 3 rings (SSSR count). The highest BCUT2D eigenvalue weighted by Crippen LogP contribution is 2.40. The number of carbonyl (C=O) groups excluding carboxylic acids is 1. The van der Waals surface area contributed by atoms with Gasteiger partial charge in [0, 0.05) is 30.3 Å². The lowest BCUT2D eigenvalue weighted by Crippen LogP contribution is -2.54. The number of ether oxygens (including phenoxy) is 1. The first-order valence-corrected chi connectivity index (χ1v) is 9.29. The summed E-state index contributed by atoms with van der Waals surface area (Å²) in [4.78, 5) is 17.4. The van der Waals surface area contributed by atoms with E-state index in [1.165, 1.54) is 12.1 Å².